The van der Waals surface area contributed by atoms with Gasteiger partial charge in [-0.2, -0.15) is 14.7 Å². The third-order valence-electron chi connectivity index (χ3n) is 3.29. The van der Waals surface area contributed by atoms with Crippen molar-refractivity contribution in [3.8, 4) is 5.88 Å². The third kappa shape index (κ3) is 1.52. The van der Waals surface area contributed by atoms with Crippen molar-refractivity contribution in [3.05, 3.63) is 18.5 Å². The number of nitrogens with zero attached hydrogens (tertiary/aromatic N) is 4. The largest absolute Gasteiger partial charge is 0.476 e. The highest BCUT2D eigenvalue weighted by molar-refractivity contribution is 5.36. The molecular formula is C11H14N4O. The van der Waals surface area contributed by atoms with Gasteiger partial charge in [-0.25, -0.2) is 0 Å². The zero-order chi connectivity index (χ0) is 11.0. The fourth-order valence-corrected chi connectivity index (χ4v) is 2.01. The Morgan fingerprint density at radius 3 is 3.12 bits per heavy atom. The van der Waals surface area contributed by atoms with Crippen molar-refractivity contribution in [2.75, 3.05) is 6.61 Å². The van der Waals surface area contributed by atoms with Gasteiger partial charge in [-0.1, -0.05) is 13.3 Å². The van der Waals surface area contributed by atoms with E-state index in [0.717, 1.165) is 12.3 Å². The Kier molecular flexibility index (Phi) is 2.05. The van der Waals surface area contributed by atoms with Crippen LogP contribution in [0.3, 0.4) is 0 Å². The molecule has 0 aliphatic heterocycles. The van der Waals surface area contributed by atoms with Crippen LogP contribution < -0.4 is 4.74 Å². The van der Waals surface area contributed by atoms with Gasteiger partial charge in [0.2, 0.25) is 5.88 Å². The van der Waals surface area contributed by atoms with Crippen LogP contribution in [0.5, 0.6) is 5.88 Å². The van der Waals surface area contributed by atoms with Crippen molar-refractivity contribution in [2.24, 2.45) is 5.41 Å². The quantitative estimate of drug-likeness (QED) is 0.786. The average Bonchev–Trinajstić information content (AvgIpc) is 2.72. The Morgan fingerprint density at radius 1 is 1.50 bits per heavy atom. The lowest BCUT2D eigenvalue weighted by Crippen LogP contribution is -2.32. The molecule has 5 heteroatoms. The highest BCUT2D eigenvalue weighted by Crippen LogP contribution is 2.40. The molecule has 1 fully saturated rings. The smallest absolute Gasteiger partial charge is 0.237 e. The van der Waals surface area contributed by atoms with Crippen LogP contribution in [0.2, 0.25) is 0 Å². The minimum Gasteiger partial charge on any atom is -0.476 e. The Morgan fingerprint density at radius 2 is 2.38 bits per heavy atom. The first-order chi connectivity index (χ1) is 7.77. The molecule has 3 rings (SSSR count). The highest BCUT2D eigenvalue weighted by atomic mass is 16.5. The predicted molar refractivity (Wildman–Crippen MR) is 58.2 cm³/mol. The minimum absolute atomic E-state index is 0.336. The van der Waals surface area contributed by atoms with E-state index in [-0.39, 0.29) is 0 Å². The summed E-state index contributed by atoms with van der Waals surface area (Å²) in [6.45, 7) is 2.99. The molecule has 16 heavy (non-hydrogen) atoms. The van der Waals surface area contributed by atoms with E-state index < -0.39 is 0 Å². The maximum absolute atomic E-state index is 5.78. The van der Waals surface area contributed by atoms with Gasteiger partial charge in [0.15, 0.2) is 5.65 Å². The van der Waals surface area contributed by atoms with Gasteiger partial charge in [-0.15, -0.1) is 5.10 Å². The SMILES string of the molecule is CC1(COc2cnnc3ccnn23)CCC1. The standard InChI is InChI=1S/C11H14N4O/c1-11(4-2-5-11)8-16-10-7-12-14-9-3-6-13-15(9)10/h3,6-7H,2,4-5,8H2,1H3. The van der Waals surface area contributed by atoms with Crippen molar-refractivity contribution in [3.63, 3.8) is 0 Å². The molecule has 2 aromatic heterocycles. The normalized spacial score (nSPS) is 18.3. The summed E-state index contributed by atoms with van der Waals surface area (Å²) in [4.78, 5) is 0. The summed E-state index contributed by atoms with van der Waals surface area (Å²) < 4.78 is 7.46. The van der Waals surface area contributed by atoms with Crippen molar-refractivity contribution in [1.82, 2.24) is 19.8 Å². The van der Waals surface area contributed by atoms with E-state index >= 15 is 0 Å². The summed E-state index contributed by atoms with van der Waals surface area (Å²) in [5.41, 5.74) is 1.05. The van der Waals surface area contributed by atoms with Crippen LogP contribution in [-0.4, -0.2) is 26.4 Å². The van der Waals surface area contributed by atoms with Crippen LogP contribution in [0.4, 0.5) is 0 Å². The average molecular weight is 218 g/mol. The lowest BCUT2D eigenvalue weighted by Gasteiger charge is -2.37. The summed E-state index contributed by atoms with van der Waals surface area (Å²) in [6, 6.07) is 1.81. The zero-order valence-corrected chi connectivity index (χ0v) is 9.26. The van der Waals surface area contributed by atoms with E-state index in [0.29, 0.717) is 11.3 Å². The molecule has 0 N–H and O–H groups in total. The fraction of sp³-hybridized carbons (Fsp3) is 0.545. The summed E-state index contributed by atoms with van der Waals surface area (Å²) in [5.74, 6) is 0.670. The Labute approximate surface area is 93.4 Å². The van der Waals surface area contributed by atoms with E-state index in [9.17, 15) is 0 Å². The predicted octanol–water partition coefficient (Wildman–Crippen LogP) is 1.69. The van der Waals surface area contributed by atoms with E-state index in [1.54, 1.807) is 16.9 Å². The minimum atomic E-state index is 0.336. The van der Waals surface area contributed by atoms with Crippen LogP contribution in [0.25, 0.3) is 5.65 Å². The first-order valence-electron chi connectivity index (χ1n) is 5.55. The zero-order valence-electron chi connectivity index (χ0n) is 9.26. The summed E-state index contributed by atoms with van der Waals surface area (Å²) in [6.07, 6.45) is 7.11. The molecular weight excluding hydrogens is 204 g/mol. The Balaban J connectivity index is 1.81. The number of rotatable bonds is 3. The number of ether oxygens (including phenoxy) is 1. The summed E-state index contributed by atoms with van der Waals surface area (Å²) in [7, 11) is 0. The van der Waals surface area contributed by atoms with Gasteiger partial charge in [0.05, 0.1) is 12.8 Å². The molecule has 1 aliphatic rings. The van der Waals surface area contributed by atoms with Crippen LogP contribution in [0.15, 0.2) is 18.5 Å². The second-order valence-corrected chi connectivity index (χ2v) is 4.74. The molecule has 1 saturated carbocycles. The van der Waals surface area contributed by atoms with Gasteiger partial charge < -0.3 is 4.74 Å². The molecule has 0 saturated heterocycles. The van der Waals surface area contributed by atoms with Gasteiger partial charge in [-0.05, 0) is 12.8 Å². The number of fused-ring (bicyclic) bond motifs is 1. The molecule has 0 radical (unpaired) electrons. The molecule has 1 aliphatic carbocycles. The fourth-order valence-electron chi connectivity index (χ4n) is 2.01. The Hall–Kier alpha value is -1.65. The van der Waals surface area contributed by atoms with E-state index in [2.05, 4.69) is 22.2 Å². The number of hydrogen-bond donors (Lipinski definition) is 0. The van der Waals surface area contributed by atoms with Gasteiger partial charge in [-0.3, -0.25) is 0 Å². The molecule has 0 spiro atoms. The number of aromatic nitrogens is 4. The molecule has 2 aromatic rings. The maximum atomic E-state index is 5.78. The first-order valence-corrected chi connectivity index (χ1v) is 5.55. The first kappa shape index (κ1) is 9.57. The summed E-state index contributed by atoms with van der Waals surface area (Å²) in [5, 5.41) is 12.0. The van der Waals surface area contributed by atoms with E-state index in [4.69, 9.17) is 4.74 Å². The van der Waals surface area contributed by atoms with Crippen molar-refractivity contribution in [1.29, 1.82) is 0 Å². The monoisotopic (exact) mass is 218 g/mol. The molecule has 0 atom stereocenters. The van der Waals surface area contributed by atoms with Crippen LogP contribution in [-0.2, 0) is 0 Å². The van der Waals surface area contributed by atoms with Gasteiger partial charge >= 0.3 is 0 Å². The lowest BCUT2D eigenvalue weighted by molar-refractivity contribution is 0.0731. The van der Waals surface area contributed by atoms with Gasteiger partial charge in [0, 0.05) is 11.5 Å². The molecule has 2 heterocycles. The van der Waals surface area contributed by atoms with Gasteiger partial charge in [0.1, 0.15) is 6.20 Å². The number of hydrogen-bond acceptors (Lipinski definition) is 4. The van der Waals surface area contributed by atoms with Crippen LogP contribution in [0, 0.1) is 5.41 Å². The second kappa shape index (κ2) is 3.43. The van der Waals surface area contributed by atoms with Crippen LogP contribution in [0.1, 0.15) is 26.2 Å². The topological polar surface area (TPSA) is 52.3 Å². The highest BCUT2D eigenvalue weighted by Gasteiger charge is 2.32. The van der Waals surface area contributed by atoms with Crippen molar-refractivity contribution >= 4 is 5.65 Å². The molecule has 5 nitrogen and oxygen atoms in total. The van der Waals surface area contributed by atoms with Crippen LogP contribution >= 0.6 is 0 Å². The molecule has 0 unspecified atom stereocenters. The van der Waals surface area contributed by atoms with E-state index in [1.807, 2.05) is 6.07 Å². The molecule has 84 valence electrons. The van der Waals surface area contributed by atoms with Gasteiger partial charge in [0.25, 0.3) is 0 Å². The molecule has 0 aromatic carbocycles. The molecule has 0 amide bonds. The van der Waals surface area contributed by atoms with Crippen molar-refractivity contribution in [2.45, 2.75) is 26.2 Å². The lowest BCUT2D eigenvalue weighted by atomic mass is 9.71. The maximum Gasteiger partial charge on any atom is 0.237 e. The summed E-state index contributed by atoms with van der Waals surface area (Å²) >= 11 is 0. The third-order valence-corrected chi connectivity index (χ3v) is 3.29. The Bertz CT molecular complexity index is 503. The second-order valence-electron chi connectivity index (χ2n) is 4.74. The van der Waals surface area contributed by atoms with Crippen molar-refractivity contribution < 1.29 is 4.74 Å². The van der Waals surface area contributed by atoms with E-state index in [1.165, 1.54) is 19.3 Å². The molecule has 0 bridgehead atoms.